The Labute approximate surface area is 131 Å². The van der Waals surface area contributed by atoms with E-state index in [0.717, 1.165) is 23.9 Å². The molecular formula is C15H26N4OS. The van der Waals surface area contributed by atoms with Crippen LogP contribution in [-0.2, 0) is 11.2 Å². The van der Waals surface area contributed by atoms with Crippen LogP contribution in [0.2, 0.25) is 0 Å². The van der Waals surface area contributed by atoms with E-state index in [0.29, 0.717) is 12.6 Å². The fourth-order valence-electron chi connectivity index (χ4n) is 3.37. The smallest absolute Gasteiger partial charge is 0.205 e. The highest BCUT2D eigenvalue weighted by atomic mass is 32.1. The molecule has 0 aliphatic carbocycles. The second kappa shape index (κ2) is 7.51. The van der Waals surface area contributed by atoms with Crippen molar-refractivity contribution in [2.75, 3.05) is 44.8 Å². The van der Waals surface area contributed by atoms with Gasteiger partial charge in [0.05, 0.1) is 6.61 Å². The van der Waals surface area contributed by atoms with Crippen LogP contribution in [0.15, 0.2) is 0 Å². The predicted molar refractivity (Wildman–Crippen MR) is 86.1 cm³/mol. The third-order valence-electron chi connectivity index (χ3n) is 4.53. The summed E-state index contributed by atoms with van der Waals surface area (Å²) < 4.78 is 9.58. The first kappa shape index (κ1) is 15.2. The molecule has 118 valence electrons. The molecule has 1 aromatic rings. The van der Waals surface area contributed by atoms with Gasteiger partial charge in [0.2, 0.25) is 5.13 Å². The van der Waals surface area contributed by atoms with Crippen LogP contribution in [0.1, 0.15) is 37.9 Å². The second-order valence-electron chi connectivity index (χ2n) is 6.09. The maximum absolute atomic E-state index is 5.11. The molecule has 6 heteroatoms. The summed E-state index contributed by atoms with van der Waals surface area (Å²) in [5.74, 6) is 0.931. The Balaban J connectivity index is 1.58. The Kier molecular flexibility index (Phi) is 5.43. The van der Waals surface area contributed by atoms with Crippen molar-refractivity contribution in [3.8, 4) is 0 Å². The fraction of sp³-hybridized carbons (Fsp3) is 0.867. The minimum absolute atomic E-state index is 0.631. The van der Waals surface area contributed by atoms with Gasteiger partial charge in [-0.25, -0.2) is 4.98 Å². The molecule has 2 fully saturated rings. The molecule has 0 aromatic carbocycles. The van der Waals surface area contributed by atoms with E-state index < -0.39 is 0 Å². The van der Waals surface area contributed by atoms with Gasteiger partial charge >= 0.3 is 0 Å². The van der Waals surface area contributed by atoms with Gasteiger partial charge in [0, 0.05) is 44.2 Å². The van der Waals surface area contributed by atoms with Crippen molar-refractivity contribution in [1.82, 2.24) is 14.3 Å². The number of ether oxygens (including phenoxy) is 1. The van der Waals surface area contributed by atoms with Crippen LogP contribution in [0.3, 0.4) is 0 Å². The molecule has 1 aromatic heterocycles. The number of likely N-dealkylation sites (tertiary alicyclic amines) is 1. The van der Waals surface area contributed by atoms with Gasteiger partial charge in [0.15, 0.2) is 0 Å². The molecule has 0 amide bonds. The van der Waals surface area contributed by atoms with E-state index in [1.54, 1.807) is 18.6 Å². The summed E-state index contributed by atoms with van der Waals surface area (Å²) in [6.45, 7) is 5.59. The Morgan fingerprint density at radius 2 is 2.05 bits per heavy atom. The minimum Gasteiger partial charge on any atom is -0.384 e. The fourth-order valence-corrected chi connectivity index (χ4v) is 4.18. The standard InChI is InChI=1S/C15H26N4OS/c1-20-11-7-14-16-15(21-17-14)19-10-5-6-13(19)12-18-8-3-2-4-9-18/h13H,2-12H2,1H3. The van der Waals surface area contributed by atoms with Gasteiger partial charge in [-0.1, -0.05) is 6.42 Å². The van der Waals surface area contributed by atoms with Gasteiger partial charge in [0.1, 0.15) is 5.82 Å². The van der Waals surface area contributed by atoms with Gasteiger partial charge in [-0.15, -0.1) is 0 Å². The first-order valence-corrected chi connectivity index (χ1v) is 8.94. The van der Waals surface area contributed by atoms with E-state index in [4.69, 9.17) is 9.72 Å². The third-order valence-corrected chi connectivity index (χ3v) is 5.32. The SMILES string of the molecule is COCCc1nsc(N2CCCC2CN2CCCCC2)n1. The number of anilines is 1. The number of aromatic nitrogens is 2. The summed E-state index contributed by atoms with van der Waals surface area (Å²) in [4.78, 5) is 9.83. The number of piperidine rings is 1. The van der Waals surface area contributed by atoms with E-state index in [-0.39, 0.29) is 0 Å². The highest BCUT2D eigenvalue weighted by Gasteiger charge is 2.29. The minimum atomic E-state index is 0.631. The van der Waals surface area contributed by atoms with Crippen LogP contribution < -0.4 is 4.90 Å². The highest BCUT2D eigenvalue weighted by molar-refractivity contribution is 7.09. The van der Waals surface area contributed by atoms with Gasteiger partial charge in [0.25, 0.3) is 0 Å². The second-order valence-corrected chi connectivity index (χ2v) is 6.82. The zero-order valence-corrected chi connectivity index (χ0v) is 13.8. The number of hydrogen-bond donors (Lipinski definition) is 0. The molecule has 5 nitrogen and oxygen atoms in total. The molecule has 3 rings (SSSR count). The molecule has 1 atom stereocenters. The number of nitrogens with zero attached hydrogens (tertiary/aromatic N) is 4. The largest absolute Gasteiger partial charge is 0.384 e. The topological polar surface area (TPSA) is 41.5 Å². The van der Waals surface area contributed by atoms with Crippen molar-refractivity contribution in [3.63, 3.8) is 0 Å². The lowest BCUT2D eigenvalue weighted by molar-refractivity contribution is 0.201. The molecular weight excluding hydrogens is 284 g/mol. The quantitative estimate of drug-likeness (QED) is 0.805. The van der Waals surface area contributed by atoms with Crippen molar-refractivity contribution in [1.29, 1.82) is 0 Å². The summed E-state index contributed by atoms with van der Waals surface area (Å²) >= 11 is 1.55. The third kappa shape index (κ3) is 3.93. The summed E-state index contributed by atoms with van der Waals surface area (Å²) in [7, 11) is 1.72. The highest BCUT2D eigenvalue weighted by Crippen LogP contribution is 2.28. The molecule has 3 heterocycles. The summed E-state index contributed by atoms with van der Waals surface area (Å²) in [6.07, 6.45) is 7.54. The van der Waals surface area contributed by atoms with E-state index in [1.165, 1.54) is 51.7 Å². The van der Waals surface area contributed by atoms with Crippen molar-refractivity contribution in [2.24, 2.45) is 0 Å². The number of rotatable bonds is 6. The molecule has 0 bridgehead atoms. The van der Waals surface area contributed by atoms with Gasteiger partial charge in [-0.3, -0.25) is 0 Å². The number of methoxy groups -OCH3 is 1. The average Bonchev–Trinajstić information content (AvgIpc) is 3.15. The molecule has 0 N–H and O–H groups in total. The molecule has 0 spiro atoms. The Bertz CT molecular complexity index is 433. The lowest BCUT2D eigenvalue weighted by Gasteiger charge is -2.32. The Morgan fingerprint density at radius 3 is 2.86 bits per heavy atom. The van der Waals surface area contributed by atoms with E-state index in [9.17, 15) is 0 Å². The van der Waals surface area contributed by atoms with Crippen molar-refractivity contribution < 1.29 is 4.74 Å². The van der Waals surface area contributed by atoms with Crippen LogP contribution in [-0.4, -0.2) is 60.2 Å². The van der Waals surface area contributed by atoms with E-state index >= 15 is 0 Å². The monoisotopic (exact) mass is 310 g/mol. The number of hydrogen-bond acceptors (Lipinski definition) is 6. The first-order valence-electron chi connectivity index (χ1n) is 8.17. The average molecular weight is 310 g/mol. The molecule has 2 aliphatic heterocycles. The van der Waals surface area contributed by atoms with Crippen LogP contribution in [0, 0.1) is 0 Å². The van der Waals surface area contributed by atoms with Crippen molar-refractivity contribution in [3.05, 3.63) is 5.82 Å². The van der Waals surface area contributed by atoms with Crippen LogP contribution in [0.5, 0.6) is 0 Å². The Hall–Kier alpha value is -0.720. The van der Waals surface area contributed by atoms with E-state index in [1.807, 2.05) is 0 Å². The molecule has 0 saturated carbocycles. The molecule has 0 radical (unpaired) electrons. The summed E-state index contributed by atoms with van der Waals surface area (Å²) in [6, 6.07) is 0.631. The van der Waals surface area contributed by atoms with Crippen molar-refractivity contribution >= 4 is 16.7 Å². The molecule has 2 aliphatic rings. The maximum Gasteiger partial charge on any atom is 0.205 e. The lowest BCUT2D eigenvalue weighted by atomic mass is 10.1. The normalized spacial score (nSPS) is 23.9. The zero-order chi connectivity index (χ0) is 14.5. The maximum atomic E-state index is 5.11. The van der Waals surface area contributed by atoms with Gasteiger partial charge < -0.3 is 14.5 Å². The van der Waals surface area contributed by atoms with Crippen LogP contribution in [0.25, 0.3) is 0 Å². The van der Waals surface area contributed by atoms with Crippen LogP contribution in [0.4, 0.5) is 5.13 Å². The van der Waals surface area contributed by atoms with Gasteiger partial charge in [-0.05, 0) is 38.8 Å². The summed E-state index contributed by atoms with van der Waals surface area (Å²) in [5, 5.41) is 1.11. The summed E-state index contributed by atoms with van der Waals surface area (Å²) in [5.41, 5.74) is 0. The molecule has 21 heavy (non-hydrogen) atoms. The van der Waals surface area contributed by atoms with Crippen LogP contribution >= 0.6 is 11.5 Å². The van der Waals surface area contributed by atoms with Gasteiger partial charge in [-0.2, -0.15) is 4.37 Å². The predicted octanol–water partition coefficient (Wildman–Crippen LogP) is 2.18. The van der Waals surface area contributed by atoms with Crippen molar-refractivity contribution in [2.45, 2.75) is 44.6 Å². The first-order chi connectivity index (χ1) is 10.4. The molecule has 1 unspecified atom stereocenters. The zero-order valence-electron chi connectivity index (χ0n) is 13.0. The Morgan fingerprint density at radius 1 is 1.19 bits per heavy atom. The molecule has 2 saturated heterocycles. The van der Waals surface area contributed by atoms with E-state index in [2.05, 4.69) is 14.2 Å². The lowest BCUT2D eigenvalue weighted by Crippen LogP contribution is -2.42.